The van der Waals surface area contributed by atoms with Gasteiger partial charge in [-0.3, -0.25) is 0 Å². The number of hydrogen-bond donors (Lipinski definition) is 2. The van der Waals surface area contributed by atoms with Crippen LogP contribution in [0.15, 0.2) is 22.7 Å². The van der Waals surface area contributed by atoms with Crippen molar-refractivity contribution in [1.29, 1.82) is 0 Å². The van der Waals surface area contributed by atoms with Crippen molar-refractivity contribution < 1.29 is 9.63 Å². The summed E-state index contributed by atoms with van der Waals surface area (Å²) < 4.78 is 5.26. The number of nitrogens with zero attached hydrogens (tertiary/aromatic N) is 1. The number of aromatic nitrogens is 1. The van der Waals surface area contributed by atoms with Gasteiger partial charge in [-0.2, -0.15) is 0 Å². The molecule has 1 unspecified atom stereocenters. The molecule has 1 aromatic carbocycles. The minimum absolute atomic E-state index is 0.263. The first kappa shape index (κ1) is 10.6. The minimum Gasteiger partial charge on any atom is -0.508 e. The van der Waals surface area contributed by atoms with Crippen LogP contribution in [0.25, 0.3) is 11.0 Å². The first-order valence-electron chi connectivity index (χ1n) is 6.13. The molecule has 1 saturated heterocycles. The molecule has 17 heavy (non-hydrogen) atoms. The van der Waals surface area contributed by atoms with E-state index in [1.54, 1.807) is 18.2 Å². The van der Waals surface area contributed by atoms with Gasteiger partial charge in [0, 0.05) is 17.8 Å². The zero-order chi connectivity index (χ0) is 11.7. The molecule has 1 atom stereocenters. The average Bonchev–Trinajstić information content (AvgIpc) is 2.73. The number of fused-ring (bicyclic) bond motifs is 1. The quantitative estimate of drug-likeness (QED) is 0.833. The van der Waals surface area contributed by atoms with Crippen LogP contribution in [0.4, 0.5) is 0 Å². The molecule has 1 aromatic heterocycles. The Morgan fingerprint density at radius 2 is 2.35 bits per heavy atom. The Hall–Kier alpha value is -1.55. The van der Waals surface area contributed by atoms with E-state index in [1.165, 1.54) is 19.3 Å². The molecule has 2 aromatic rings. The Labute approximate surface area is 99.6 Å². The third-order valence-electron chi connectivity index (χ3n) is 3.38. The summed E-state index contributed by atoms with van der Waals surface area (Å²) in [5.74, 6) is 0.263. The number of aromatic hydroxyl groups is 1. The van der Waals surface area contributed by atoms with E-state index in [0.717, 1.165) is 29.6 Å². The molecule has 1 aliphatic heterocycles. The summed E-state index contributed by atoms with van der Waals surface area (Å²) >= 11 is 0. The molecule has 0 spiro atoms. The van der Waals surface area contributed by atoms with Crippen LogP contribution in [0.3, 0.4) is 0 Å². The number of phenols is 1. The fourth-order valence-electron chi connectivity index (χ4n) is 2.46. The Kier molecular flexibility index (Phi) is 2.73. The van der Waals surface area contributed by atoms with Gasteiger partial charge in [0.2, 0.25) is 0 Å². The molecule has 0 amide bonds. The van der Waals surface area contributed by atoms with Gasteiger partial charge in [0.25, 0.3) is 0 Å². The maximum atomic E-state index is 9.49. The van der Waals surface area contributed by atoms with Gasteiger partial charge < -0.3 is 14.9 Å². The number of hydrogen-bond acceptors (Lipinski definition) is 4. The maximum absolute atomic E-state index is 9.49. The zero-order valence-corrected chi connectivity index (χ0v) is 9.65. The van der Waals surface area contributed by atoms with E-state index in [0.29, 0.717) is 6.04 Å². The number of piperidine rings is 1. The van der Waals surface area contributed by atoms with E-state index < -0.39 is 0 Å². The van der Waals surface area contributed by atoms with Gasteiger partial charge in [0.1, 0.15) is 5.75 Å². The summed E-state index contributed by atoms with van der Waals surface area (Å²) in [6.07, 6.45) is 4.60. The van der Waals surface area contributed by atoms with Crippen molar-refractivity contribution in [3.05, 3.63) is 23.9 Å². The number of phenolic OH excluding ortho intramolecular Hbond substituents is 1. The Bertz CT molecular complexity index is 515. The van der Waals surface area contributed by atoms with Gasteiger partial charge in [-0.15, -0.1) is 0 Å². The van der Waals surface area contributed by atoms with Crippen molar-refractivity contribution >= 4 is 11.0 Å². The highest BCUT2D eigenvalue weighted by Crippen LogP contribution is 2.24. The highest BCUT2D eigenvalue weighted by Gasteiger charge is 2.17. The first-order valence-corrected chi connectivity index (χ1v) is 6.13. The molecule has 90 valence electrons. The molecular weight excluding hydrogens is 216 g/mol. The van der Waals surface area contributed by atoms with E-state index in [-0.39, 0.29) is 5.75 Å². The van der Waals surface area contributed by atoms with Gasteiger partial charge in [-0.1, -0.05) is 11.6 Å². The van der Waals surface area contributed by atoms with Gasteiger partial charge >= 0.3 is 0 Å². The molecule has 2 N–H and O–H groups in total. The van der Waals surface area contributed by atoms with Gasteiger partial charge in [0.15, 0.2) is 5.58 Å². The second kappa shape index (κ2) is 4.37. The Balaban J connectivity index is 1.86. The number of benzene rings is 1. The van der Waals surface area contributed by atoms with E-state index in [9.17, 15) is 5.11 Å². The number of rotatable bonds is 2. The summed E-state index contributed by atoms with van der Waals surface area (Å²) in [5.41, 5.74) is 1.68. The lowest BCUT2D eigenvalue weighted by Crippen LogP contribution is -2.35. The van der Waals surface area contributed by atoms with E-state index in [2.05, 4.69) is 10.5 Å². The molecule has 0 saturated carbocycles. The SMILES string of the molecule is Oc1ccc2onc(CC3CCCCN3)c2c1. The second-order valence-electron chi connectivity index (χ2n) is 4.66. The van der Waals surface area contributed by atoms with Crippen LogP contribution >= 0.6 is 0 Å². The molecule has 0 radical (unpaired) electrons. The smallest absolute Gasteiger partial charge is 0.167 e. The third-order valence-corrected chi connectivity index (χ3v) is 3.38. The van der Waals surface area contributed by atoms with Crippen molar-refractivity contribution in [1.82, 2.24) is 10.5 Å². The van der Waals surface area contributed by atoms with Crippen molar-refractivity contribution in [2.75, 3.05) is 6.54 Å². The highest BCUT2D eigenvalue weighted by atomic mass is 16.5. The van der Waals surface area contributed by atoms with Crippen LogP contribution in [0.2, 0.25) is 0 Å². The lowest BCUT2D eigenvalue weighted by Gasteiger charge is -2.22. The van der Waals surface area contributed by atoms with Crippen molar-refractivity contribution in [3.63, 3.8) is 0 Å². The Morgan fingerprint density at radius 3 is 3.18 bits per heavy atom. The summed E-state index contributed by atoms with van der Waals surface area (Å²) in [6.45, 7) is 1.09. The van der Waals surface area contributed by atoms with Gasteiger partial charge in [0.05, 0.1) is 5.69 Å². The van der Waals surface area contributed by atoms with Gasteiger partial charge in [-0.25, -0.2) is 0 Å². The van der Waals surface area contributed by atoms with E-state index in [4.69, 9.17) is 4.52 Å². The molecule has 1 aliphatic rings. The van der Waals surface area contributed by atoms with Crippen molar-refractivity contribution in [3.8, 4) is 5.75 Å². The van der Waals surface area contributed by atoms with Crippen LogP contribution < -0.4 is 5.32 Å². The maximum Gasteiger partial charge on any atom is 0.167 e. The molecule has 4 heteroatoms. The summed E-state index contributed by atoms with van der Waals surface area (Å²) in [6, 6.07) is 5.59. The topological polar surface area (TPSA) is 58.3 Å². The monoisotopic (exact) mass is 232 g/mol. The molecular formula is C13H16N2O2. The summed E-state index contributed by atoms with van der Waals surface area (Å²) in [7, 11) is 0. The Morgan fingerprint density at radius 1 is 1.41 bits per heavy atom. The lowest BCUT2D eigenvalue weighted by atomic mass is 9.99. The lowest BCUT2D eigenvalue weighted by molar-refractivity contribution is 0.384. The largest absolute Gasteiger partial charge is 0.508 e. The van der Waals surface area contributed by atoms with Crippen LogP contribution in [0.1, 0.15) is 25.0 Å². The molecule has 4 nitrogen and oxygen atoms in total. The predicted molar refractivity (Wildman–Crippen MR) is 65.0 cm³/mol. The normalized spacial score (nSPS) is 20.8. The molecule has 0 bridgehead atoms. The number of nitrogens with one attached hydrogen (secondary N) is 1. The van der Waals surface area contributed by atoms with Crippen LogP contribution in [-0.4, -0.2) is 22.8 Å². The third kappa shape index (κ3) is 2.13. The minimum atomic E-state index is 0.263. The second-order valence-corrected chi connectivity index (χ2v) is 4.66. The molecule has 0 aliphatic carbocycles. The predicted octanol–water partition coefficient (Wildman–Crippen LogP) is 2.22. The van der Waals surface area contributed by atoms with Crippen LogP contribution in [-0.2, 0) is 6.42 Å². The summed E-state index contributed by atoms with van der Waals surface area (Å²) in [4.78, 5) is 0. The highest BCUT2D eigenvalue weighted by molar-refractivity contribution is 5.80. The van der Waals surface area contributed by atoms with Gasteiger partial charge in [-0.05, 0) is 37.6 Å². The van der Waals surface area contributed by atoms with E-state index in [1.807, 2.05) is 0 Å². The standard InChI is InChI=1S/C13H16N2O2/c16-10-4-5-13-11(8-10)12(15-17-13)7-9-3-1-2-6-14-9/h4-5,8-9,14,16H,1-3,6-7H2. The summed E-state index contributed by atoms with van der Waals surface area (Å²) in [5, 5.41) is 18.0. The zero-order valence-electron chi connectivity index (χ0n) is 9.65. The molecule has 1 fully saturated rings. The molecule has 3 rings (SSSR count). The van der Waals surface area contributed by atoms with E-state index >= 15 is 0 Å². The van der Waals surface area contributed by atoms with Crippen molar-refractivity contribution in [2.45, 2.75) is 31.7 Å². The van der Waals surface area contributed by atoms with Crippen molar-refractivity contribution in [2.24, 2.45) is 0 Å². The molecule has 2 heterocycles. The fraction of sp³-hybridized carbons (Fsp3) is 0.462. The van der Waals surface area contributed by atoms with Crippen LogP contribution in [0.5, 0.6) is 5.75 Å². The fourth-order valence-corrected chi connectivity index (χ4v) is 2.46. The van der Waals surface area contributed by atoms with Crippen LogP contribution in [0, 0.1) is 0 Å². The average molecular weight is 232 g/mol. The first-order chi connectivity index (χ1) is 8.33.